The van der Waals surface area contributed by atoms with Crippen molar-refractivity contribution in [3.8, 4) is 11.4 Å². The van der Waals surface area contributed by atoms with E-state index in [-0.39, 0.29) is 0 Å². The number of nitrogens with zero attached hydrogens (tertiary/aromatic N) is 5. The quantitative estimate of drug-likeness (QED) is 0.326. The molecule has 0 spiro atoms. The van der Waals surface area contributed by atoms with Crippen molar-refractivity contribution in [2.24, 2.45) is 0 Å². The Hall–Kier alpha value is -3.25. The van der Waals surface area contributed by atoms with Gasteiger partial charge in [-0.2, -0.15) is 4.52 Å². The molecule has 0 aliphatic carbocycles. The molecule has 0 saturated carbocycles. The highest BCUT2D eigenvalue weighted by Crippen LogP contribution is 2.26. The third-order valence-electron chi connectivity index (χ3n) is 4.53. The highest BCUT2D eigenvalue weighted by atomic mass is 32.2. The monoisotopic (exact) mass is 383 g/mol. The summed E-state index contributed by atoms with van der Waals surface area (Å²) in [5.41, 5.74) is 3.98. The molecule has 0 radical (unpaired) electrons. The summed E-state index contributed by atoms with van der Waals surface area (Å²) >= 11 is 1.70. The summed E-state index contributed by atoms with van der Waals surface area (Å²) < 4.78 is 1.86. The molecule has 6 heteroatoms. The van der Waals surface area contributed by atoms with E-state index >= 15 is 0 Å². The van der Waals surface area contributed by atoms with Crippen LogP contribution in [0.4, 0.5) is 0 Å². The van der Waals surface area contributed by atoms with Gasteiger partial charge in [0.25, 0.3) is 0 Å². The van der Waals surface area contributed by atoms with Crippen LogP contribution in [0, 0.1) is 0 Å². The molecule has 0 saturated heterocycles. The lowest BCUT2D eigenvalue weighted by molar-refractivity contribution is 0.811. The Morgan fingerprint density at radius 2 is 1.71 bits per heavy atom. The predicted octanol–water partition coefficient (Wildman–Crippen LogP) is 4.67. The number of benzene rings is 2. The van der Waals surface area contributed by atoms with Crippen molar-refractivity contribution < 1.29 is 0 Å². The minimum Gasteiger partial charge on any atom is -0.264 e. The molecule has 2 aromatic carbocycles. The summed E-state index contributed by atoms with van der Waals surface area (Å²) in [6, 6.07) is 22.4. The topological polar surface area (TPSA) is 56.0 Å². The van der Waals surface area contributed by atoms with Crippen molar-refractivity contribution in [2.75, 3.05) is 5.75 Å². The molecule has 0 atom stereocenters. The van der Waals surface area contributed by atoms with Gasteiger partial charge in [0.2, 0.25) is 0 Å². The molecule has 5 aromatic rings. The number of rotatable bonds is 5. The smallest absolute Gasteiger partial charge is 0.191 e. The highest BCUT2D eigenvalue weighted by molar-refractivity contribution is 7.99. The van der Waals surface area contributed by atoms with Gasteiger partial charge in [0, 0.05) is 29.1 Å². The Balaban J connectivity index is 1.55. The van der Waals surface area contributed by atoms with E-state index < -0.39 is 0 Å². The molecule has 0 bridgehead atoms. The largest absolute Gasteiger partial charge is 0.264 e. The molecular weight excluding hydrogens is 366 g/mol. The third kappa shape index (κ3) is 3.23. The molecule has 5 rings (SSSR count). The van der Waals surface area contributed by atoms with Crippen molar-refractivity contribution in [2.45, 2.75) is 11.6 Å². The second-order valence-corrected chi connectivity index (χ2v) is 7.47. The third-order valence-corrected chi connectivity index (χ3v) is 5.46. The normalized spacial score (nSPS) is 11.3. The summed E-state index contributed by atoms with van der Waals surface area (Å²) in [5.74, 6) is 1.59. The predicted molar refractivity (Wildman–Crippen MR) is 112 cm³/mol. The van der Waals surface area contributed by atoms with E-state index in [4.69, 9.17) is 15.1 Å². The average Bonchev–Trinajstić information content (AvgIpc) is 3.21. The number of para-hydroxylation sites is 1. The maximum atomic E-state index is 4.85. The van der Waals surface area contributed by atoms with E-state index in [2.05, 4.69) is 29.2 Å². The van der Waals surface area contributed by atoms with E-state index in [0.29, 0.717) is 5.82 Å². The number of hydrogen-bond acceptors (Lipinski definition) is 5. The molecule has 0 aliphatic rings. The summed E-state index contributed by atoms with van der Waals surface area (Å²) in [7, 11) is 0. The van der Waals surface area contributed by atoms with E-state index in [1.165, 1.54) is 5.56 Å². The first-order valence-electron chi connectivity index (χ1n) is 9.11. The first kappa shape index (κ1) is 16.9. The van der Waals surface area contributed by atoms with Gasteiger partial charge in [-0.3, -0.25) is 4.98 Å². The lowest BCUT2D eigenvalue weighted by Gasteiger charge is -2.06. The van der Waals surface area contributed by atoms with Gasteiger partial charge >= 0.3 is 0 Å². The molecule has 28 heavy (non-hydrogen) atoms. The van der Waals surface area contributed by atoms with Crippen LogP contribution in [0.25, 0.3) is 27.9 Å². The van der Waals surface area contributed by atoms with Crippen LogP contribution in [0.5, 0.6) is 0 Å². The first-order chi connectivity index (χ1) is 13.9. The molecule has 0 N–H and O–H groups in total. The van der Waals surface area contributed by atoms with Gasteiger partial charge in [0.15, 0.2) is 16.6 Å². The molecule has 0 unspecified atom stereocenters. The van der Waals surface area contributed by atoms with Crippen LogP contribution >= 0.6 is 11.8 Å². The molecule has 0 amide bonds. The minimum absolute atomic E-state index is 0.663. The standard InChI is InChI=1S/C22H17N5S/c1-2-7-16(8-3-1)12-14-28-22-24-19-11-5-4-10-18(19)21-25-20(26-27(21)22)17-9-6-13-23-15-17/h1-11,13,15H,12,14H2. The summed E-state index contributed by atoms with van der Waals surface area (Å²) in [5, 5.41) is 6.59. The number of aromatic nitrogens is 5. The van der Waals surface area contributed by atoms with Crippen LogP contribution < -0.4 is 0 Å². The van der Waals surface area contributed by atoms with Crippen molar-refractivity contribution in [3.05, 3.63) is 84.7 Å². The summed E-state index contributed by atoms with van der Waals surface area (Å²) in [6.45, 7) is 0. The fraction of sp³-hybridized carbons (Fsp3) is 0.0909. The lowest BCUT2D eigenvalue weighted by atomic mass is 10.2. The fourth-order valence-electron chi connectivity index (χ4n) is 3.15. The Kier molecular flexibility index (Phi) is 4.47. The van der Waals surface area contributed by atoms with E-state index in [1.54, 1.807) is 24.2 Å². The van der Waals surface area contributed by atoms with E-state index in [1.807, 2.05) is 47.0 Å². The van der Waals surface area contributed by atoms with Crippen molar-refractivity contribution in [1.82, 2.24) is 24.6 Å². The Morgan fingerprint density at radius 1 is 0.857 bits per heavy atom. The number of fused-ring (bicyclic) bond motifs is 3. The van der Waals surface area contributed by atoms with Crippen LogP contribution in [0.2, 0.25) is 0 Å². The van der Waals surface area contributed by atoms with Crippen LogP contribution in [-0.4, -0.2) is 30.3 Å². The van der Waals surface area contributed by atoms with Gasteiger partial charge in [-0.25, -0.2) is 9.97 Å². The number of pyridine rings is 1. The first-order valence-corrected chi connectivity index (χ1v) is 10.1. The van der Waals surface area contributed by atoms with Gasteiger partial charge in [0.1, 0.15) is 0 Å². The SMILES string of the molecule is c1ccc(CCSc2nc3ccccc3c3nc(-c4cccnc4)nn23)cc1. The summed E-state index contributed by atoms with van der Waals surface area (Å²) in [4.78, 5) is 13.8. The Morgan fingerprint density at radius 3 is 2.57 bits per heavy atom. The number of hydrogen-bond donors (Lipinski definition) is 0. The van der Waals surface area contributed by atoms with Gasteiger partial charge < -0.3 is 0 Å². The Bertz CT molecular complexity index is 1240. The van der Waals surface area contributed by atoms with Gasteiger partial charge in [-0.1, -0.05) is 54.2 Å². The lowest BCUT2D eigenvalue weighted by Crippen LogP contribution is -1.99. The van der Waals surface area contributed by atoms with Crippen molar-refractivity contribution >= 4 is 28.3 Å². The maximum absolute atomic E-state index is 4.85. The fourth-order valence-corrected chi connectivity index (χ4v) is 4.08. The van der Waals surface area contributed by atoms with Crippen LogP contribution in [-0.2, 0) is 6.42 Å². The van der Waals surface area contributed by atoms with Crippen LogP contribution in [0.1, 0.15) is 5.56 Å². The Labute approximate surface area is 166 Å². The van der Waals surface area contributed by atoms with Crippen molar-refractivity contribution in [3.63, 3.8) is 0 Å². The molecule has 3 heterocycles. The zero-order valence-electron chi connectivity index (χ0n) is 15.1. The molecule has 0 fully saturated rings. The maximum Gasteiger partial charge on any atom is 0.191 e. The van der Waals surface area contributed by atoms with Gasteiger partial charge in [-0.15, -0.1) is 5.10 Å². The van der Waals surface area contributed by atoms with Crippen LogP contribution in [0.15, 0.2) is 84.3 Å². The minimum atomic E-state index is 0.663. The number of aryl methyl sites for hydroxylation is 1. The number of thioether (sulfide) groups is 1. The second-order valence-electron chi connectivity index (χ2n) is 6.41. The van der Waals surface area contributed by atoms with Gasteiger partial charge in [-0.05, 0) is 36.2 Å². The summed E-state index contributed by atoms with van der Waals surface area (Å²) in [6.07, 6.45) is 4.51. The molecule has 3 aromatic heterocycles. The molecule has 5 nitrogen and oxygen atoms in total. The van der Waals surface area contributed by atoms with Crippen LogP contribution in [0.3, 0.4) is 0 Å². The van der Waals surface area contributed by atoms with Crippen molar-refractivity contribution in [1.29, 1.82) is 0 Å². The average molecular weight is 383 g/mol. The zero-order chi connectivity index (χ0) is 18.8. The molecule has 0 aliphatic heterocycles. The molecule has 136 valence electrons. The second kappa shape index (κ2) is 7.40. The van der Waals surface area contributed by atoms with E-state index in [0.717, 1.165) is 39.4 Å². The van der Waals surface area contributed by atoms with E-state index in [9.17, 15) is 0 Å². The zero-order valence-corrected chi connectivity index (χ0v) is 15.9. The highest BCUT2D eigenvalue weighted by Gasteiger charge is 2.14. The molecular formula is C22H17N5S. The van der Waals surface area contributed by atoms with Gasteiger partial charge in [0.05, 0.1) is 5.52 Å².